The lowest BCUT2D eigenvalue weighted by molar-refractivity contribution is 0.0749. The molecule has 0 bridgehead atoms. The van der Waals surface area contributed by atoms with Crippen LogP contribution in [0.1, 0.15) is 47.2 Å². The summed E-state index contributed by atoms with van der Waals surface area (Å²) in [6.45, 7) is 5.67. The highest BCUT2D eigenvalue weighted by Crippen LogP contribution is 2.26. The van der Waals surface area contributed by atoms with Gasteiger partial charge in [0.25, 0.3) is 5.91 Å². The molecule has 1 saturated carbocycles. The van der Waals surface area contributed by atoms with Crippen LogP contribution < -0.4 is 5.32 Å². The molecule has 0 aromatic heterocycles. The minimum absolute atomic E-state index is 0.214. The van der Waals surface area contributed by atoms with Crippen molar-refractivity contribution < 1.29 is 4.79 Å². The summed E-state index contributed by atoms with van der Waals surface area (Å²) in [5.74, 6) is 0.214. The van der Waals surface area contributed by atoms with E-state index in [-0.39, 0.29) is 5.91 Å². The maximum Gasteiger partial charge on any atom is 0.253 e. The van der Waals surface area contributed by atoms with Crippen molar-refractivity contribution >= 4 is 5.91 Å². The Morgan fingerprint density at radius 3 is 2.78 bits per heavy atom. The van der Waals surface area contributed by atoms with Crippen LogP contribution in [-0.2, 0) is 13.0 Å². The van der Waals surface area contributed by atoms with Crippen molar-refractivity contribution in [3.8, 4) is 0 Å². The summed E-state index contributed by atoms with van der Waals surface area (Å²) in [7, 11) is 0. The van der Waals surface area contributed by atoms with Gasteiger partial charge in [-0.1, -0.05) is 12.5 Å². The minimum atomic E-state index is 0.214. The average Bonchev–Trinajstić information content (AvgIpc) is 2.78. The summed E-state index contributed by atoms with van der Waals surface area (Å²) >= 11 is 0. The van der Waals surface area contributed by atoms with Crippen LogP contribution in [-0.4, -0.2) is 54.5 Å². The Kier molecular flexibility index (Phi) is 4.36. The molecule has 4 nitrogen and oxygen atoms in total. The van der Waals surface area contributed by atoms with Crippen LogP contribution in [0.4, 0.5) is 0 Å². The maximum absolute atomic E-state index is 12.9. The van der Waals surface area contributed by atoms with E-state index in [9.17, 15) is 4.79 Å². The summed E-state index contributed by atoms with van der Waals surface area (Å²) < 4.78 is 0. The van der Waals surface area contributed by atoms with Gasteiger partial charge in [-0.05, 0) is 48.9 Å². The monoisotopic (exact) mass is 312 g/mol. The molecule has 2 heterocycles. The Morgan fingerprint density at radius 2 is 1.96 bits per heavy atom. The number of nitrogens with zero attached hydrogens (tertiary/aromatic N) is 3. The number of hydrogen-bond donors (Lipinski definition) is 0. The van der Waals surface area contributed by atoms with E-state index < -0.39 is 0 Å². The fraction of sp³-hybridized carbons (Fsp3) is 0.632. The molecule has 1 aromatic rings. The van der Waals surface area contributed by atoms with Gasteiger partial charge in [0.05, 0.1) is 0 Å². The second kappa shape index (κ2) is 6.62. The lowest BCUT2D eigenvalue weighted by atomic mass is 9.91. The number of rotatable bonds is 2. The van der Waals surface area contributed by atoms with E-state index in [0.29, 0.717) is 0 Å². The number of amides is 1. The molecule has 1 amide bonds. The van der Waals surface area contributed by atoms with Gasteiger partial charge in [0, 0.05) is 50.9 Å². The normalized spacial score (nSPS) is 23.0. The fourth-order valence-corrected chi connectivity index (χ4v) is 3.99. The van der Waals surface area contributed by atoms with Crippen molar-refractivity contribution in [2.75, 3.05) is 32.7 Å². The zero-order valence-corrected chi connectivity index (χ0v) is 13.8. The van der Waals surface area contributed by atoms with Crippen LogP contribution in [0.3, 0.4) is 0 Å². The third-order valence-electron chi connectivity index (χ3n) is 5.68. The number of benzene rings is 1. The molecule has 123 valence electrons. The summed E-state index contributed by atoms with van der Waals surface area (Å²) in [6.07, 6.45) is 6.16. The van der Waals surface area contributed by atoms with Crippen LogP contribution in [0.2, 0.25) is 0 Å². The number of hydrogen-bond acceptors (Lipinski definition) is 2. The molecule has 4 heteroatoms. The Balaban J connectivity index is 1.44. The van der Waals surface area contributed by atoms with Gasteiger partial charge < -0.3 is 4.90 Å². The van der Waals surface area contributed by atoms with Crippen molar-refractivity contribution in [2.45, 2.75) is 44.7 Å². The van der Waals surface area contributed by atoms with Crippen molar-refractivity contribution in [1.29, 1.82) is 0 Å². The third-order valence-corrected chi connectivity index (χ3v) is 5.68. The van der Waals surface area contributed by atoms with E-state index in [1.165, 1.54) is 30.4 Å². The van der Waals surface area contributed by atoms with Gasteiger partial charge in [-0.3, -0.25) is 9.69 Å². The summed E-state index contributed by atoms with van der Waals surface area (Å²) in [5, 5.41) is 4.43. The minimum Gasteiger partial charge on any atom is -0.337 e. The van der Waals surface area contributed by atoms with Crippen molar-refractivity contribution in [1.82, 2.24) is 15.1 Å². The highest BCUT2D eigenvalue weighted by molar-refractivity contribution is 5.94. The molecule has 1 aliphatic carbocycles. The Morgan fingerprint density at radius 1 is 1.04 bits per heavy atom. The third kappa shape index (κ3) is 3.15. The molecule has 0 atom stereocenters. The lowest BCUT2D eigenvalue weighted by Crippen LogP contribution is -2.42. The molecule has 2 aliphatic heterocycles. The Hall–Kier alpha value is -1.39. The first-order valence-electron chi connectivity index (χ1n) is 9.09. The summed E-state index contributed by atoms with van der Waals surface area (Å²) in [5.41, 5.74) is 3.47. The molecular weight excluding hydrogens is 286 g/mol. The zero-order chi connectivity index (χ0) is 15.6. The molecule has 4 rings (SSSR count). The van der Waals surface area contributed by atoms with Gasteiger partial charge in [0.2, 0.25) is 0 Å². The maximum atomic E-state index is 12.9. The number of carbonyl (C=O) groups excluding carboxylic acids is 1. The van der Waals surface area contributed by atoms with Crippen LogP contribution in [0, 0.1) is 0 Å². The van der Waals surface area contributed by atoms with Crippen molar-refractivity contribution in [3.05, 3.63) is 34.9 Å². The van der Waals surface area contributed by atoms with E-state index >= 15 is 0 Å². The molecule has 1 radical (unpaired) electrons. The Bertz CT molecular complexity index is 582. The van der Waals surface area contributed by atoms with E-state index in [2.05, 4.69) is 27.2 Å². The van der Waals surface area contributed by atoms with Gasteiger partial charge in [0.1, 0.15) is 0 Å². The van der Waals surface area contributed by atoms with Crippen molar-refractivity contribution in [2.24, 2.45) is 0 Å². The van der Waals surface area contributed by atoms with E-state index in [1.54, 1.807) is 0 Å². The van der Waals surface area contributed by atoms with Gasteiger partial charge in [-0.25, -0.2) is 5.32 Å². The fourth-order valence-electron chi connectivity index (χ4n) is 3.99. The lowest BCUT2D eigenvalue weighted by Gasteiger charge is -2.36. The topological polar surface area (TPSA) is 37.7 Å². The number of fused-ring (bicyclic) bond motifs is 1. The SMILES string of the molecule is O=C(c1ccc2c(c1)CC[N]C2)N1CCCN(C2CCC2)CC1. The van der Waals surface area contributed by atoms with Gasteiger partial charge in [0.15, 0.2) is 0 Å². The summed E-state index contributed by atoms with van der Waals surface area (Å²) in [4.78, 5) is 17.5. The van der Waals surface area contributed by atoms with E-state index in [4.69, 9.17) is 0 Å². The van der Waals surface area contributed by atoms with E-state index in [0.717, 1.165) is 63.7 Å². The van der Waals surface area contributed by atoms with Gasteiger partial charge in [-0.2, -0.15) is 0 Å². The molecule has 2 fully saturated rings. The largest absolute Gasteiger partial charge is 0.337 e. The molecule has 0 spiro atoms. The van der Waals surface area contributed by atoms with Crippen molar-refractivity contribution in [3.63, 3.8) is 0 Å². The first-order valence-corrected chi connectivity index (χ1v) is 9.09. The zero-order valence-electron chi connectivity index (χ0n) is 13.8. The number of carbonyl (C=O) groups is 1. The van der Waals surface area contributed by atoms with Gasteiger partial charge in [-0.15, -0.1) is 0 Å². The van der Waals surface area contributed by atoms with Crippen LogP contribution in [0.15, 0.2) is 18.2 Å². The smallest absolute Gasteiger partial charge is 0.253 e. The van der Waals surface area contributed by atoms with Crippen LogP contribution >= 0.6 is 0 Å². The highest BCUT2D eigenvalue weighted by Gasteiger charge is 2.28. The molecule has 23 heavy (non-hydrogen) atoms. The summed E-state index contributed by atoms with van der Waals surface area (Å²) in [6, 6.07) is 7.00. The highest BCUT2D eigenvalue weighted by atomic mass is 16.2. The van der Waals surface area contributed by atoms with E-state index in [1.807, 2.05) is 6.07 Å². The Labute approximate surface area is 138 Å². The standard InChI is InChI=1S/C19H26N3O/c23-19(16-5-6-17-14-20-8-7-15(17)13-16)22-10-2-9-21(11-12-22)18-3-1-4-18/h5-6,13,18H,1-4,7-12,14H2. The second-order valence-electron chi connectivity index (χ2n) is 7.11. The van der Waals surface area contributed by atoms with Crippen LogP contribution in [0.5, 0.6) is 0 Å². The average molecular weight is 312 g/mol. The molecular formula is C19H26N3O. The van der Waals surface area contributed by atoms with Gasteiger partial charge >= 0.3 is 0 Å². The van der Waals surface area contributed by atoms with Crippen LogP contribution in [0.25, 0.3) is 0 Å². The molecule has 1 aromatic carbocycles. The first-order chi connectivity index (χ1) is 11.3. The first kappa shape index (κ1) is 15.2. The molecule has 3 aliphatic rings. The molecule has 0 N–H and O–H groups in total. The second-order valence-corrected chi connectivity index (χ2v) is 7.11. The quantitative estimate of drug-likeness (QED) is 0.838. The molecule has 0 unspecified atom stereocenters. The predicted molar refractivity (Wildman–Crippen MR) is 90.6 cm³/mol. The molecule has 1 saturated heterocycles. The predicted octanol–water partition coefficient (Wildman–Crippen LogP) is 2.05.